The largest absolute Gasteiger partial charge is 0.364 e. The number of imidazole rings is 1. The molecule has 0 aromatic carbocycles. The third kappa shape index (κ3) is 4.58. The van der Waals surface area contributed by atoms with Gasteiger partial charge in [-0.05, 0) is 58.2 Å². The maximum absolute atomic E-state index is 6.13. The summed E-state index contributed by atoms with van der Waals surface area (Å²) in [6.07, 6.45) is 7.38. The van der Waals surface area contributed by atoms with Gasteiger partial charge in [-0.25, -0.2) is 4.98 Å². The van der Waals surface area contributed by atoms with Crippen LogP contribution in [0.3, 0.4) is 0 Å². The molecule has 10 heteroatoms. The summed E-state index contributed by atoms with van der Waals surface area (Å²) in [6, 6.07) is 6.79. The van der Waals surface area contributed by atoms with Crippen molar-refractivity contribution in [2.45, 2.75) is 65.2 Å². The van der Waals surface area contributed by atoms with Gasteiger partial charge in [-0.3, -0.25) is 9.67 Å². The predicted molar refractivity (Wildman–Crippen MR) is 138 cm³/mol. The Morgan fingerprint density at radius 3 is 2.57 bits per heavy atom. The standard InChI is InChI=1S/C25H34N10/c1-16(2)34-15-29-22-23(31-25(32-24(22)34)33-12-8-19(26)9-13-33)28-14-18-6-5-10-27-21(18)20-7-11-30-35(20)17(3)4/h5-7,10-11,15-17,19H,8-9,12-14,26H2,1-4H3,(H,28,31,32). The molecule has 0 unspecified atom stereocenters. The smallest absolute Gasteiger partial charge is 0.229 e. The van der Waals surface area contributed by atoms with Gasteiger partial charge < -0.3 is 20.5 Å². The summed E-state index contributed by atoms with van der Waals surface area (Å²) in [4.78, 5) is 21.4. The van der Waals surface area contributed by atoms with Crippen molar-refractivity contribution >= 4 is 22.9 Å². The van der Waals surface area contributed by atoms with E-state index in [4.69, 9.17) is 20.7 Å². The first-order chi connectivity index (χ1) is 16.9. The first-order valence-electron chi connectivity index (χ1n) is 12.4. The summed E-state index contributed by atoms with van der Waals surface area (Å²) in [7, 11) is 0. The van der Waals surface area contributed by atoms with Gasteiger partial charge >= 0.3 is 0 Å². The van der Waals surface area contributed by atoms with Crippen LogP contribution in [-0.2, 0) is 6.54 Å². The molecule has 1 fully saturated rings. The highest BCUT2D eigenvalue weighted by Crippen LogP contribution is 2.28. The van der Waals surface area contributed by atoms with Crippen LogP contribution >= 0.6 is 0 Å². The average molecular weight is 475 g/mol. The normalized spacial score (nSPS) is 15.0. The fraction of sp³-hybridized carbons (Fsp3) is 0.480. The zero-order chi connectivity index (χ0) is 24.5. The minimum Gasteiger partial charge on any atom is -0.364 e. The lowest BCUT2D eigenvalue weighted by Crippen LogP contribution is -2.40. The molecule has 0 aliphatic carbocycles. The maximum atomic E-state index is 6.13. The van der Waals surface area contributed by atoms with E-state index in [1.165, 1.54) is 0 Å². The van der Waals surface area contributed by atoms with Crippen LogP contribution in [0, 0.1) is 0 Å². The minimum atomic E-state index is 0.240. The fourth-order valence-corrected chi connectivity index (χ4v) is 4.55. The molecule has 4 aromatic rings. The van der Waals surface area contributed by atoms with E-state index in [0.29, 0.717) is 6.54 Å². The number of aromatic nitrogens is 7. The Morgan fingerprint density at radius 2 is 1.83 bits per heavy atom. The summed E-state index contributed by atoms with van der Waals surface area (Å²) in [5.74, 6) is 1.45. The Balaban J connectivity index is 1.50. The first kappa shape index (κ1) is 23.2. The van der Waals surface area contributed by atoms with Crippen LogP contribution in [0.4, 0.5) is 11.8 Å². The number of rotatable bonds is 7. The van der Waals surface area contributed by atoms with Gasteiger partial charge in [0.05, 0.1) is 17.7 Å². The quantitative estimate of drug-likeness (QED) is 0.416. The van der Waals surface area contributed by atoms with Gasteiger partial charge in [-0.1, -0.05) is 6.07 Å². The summed E-state index contributed by atoms with van der Waals surface area (Å²) in [6.45, 7) is 10.8. The monoisotopic (exact) mass is 474 g/mol. The predicted octanol–water partition coefficient (Wildman–Crippen LogP) is 3.79. The number of nitrogens with two attached hydrogens (primary N) is 1. The summed E-state index contributed by atoms with van der Waals surface area (Å²) in [5.41, 5.74) is 10.7. The van der Waals surface area contributed by atoms with Crippen molar-refractivity contribution in [1.82, 2.24) is 34.3 Å². The highest BCUT2D eigenvalue weighted by atomic mass is 15.3. The lowest BCUT2D eigenvalue weighted by atomic mass is 10.1. The highest BCUT2D eigenvalue weighted by Gasteiger charge is 2.22. The van der Waals surface area contributed by atoms with Gasteiger partial charge in [-0.2, -0.15) is 15.1 Å². The van der Waals surface area contributed by atoms with E-state index in [1.54, 1.807) is 0 Å². The highest BCUT2D eigenvalue weighted by molar-refractivity contribution is 5.84. The van der Waals surface area contributed by atoms with Crippen LogP contribution in [0.1, 0.15) is 58.2 Å². The molecular formula is C25H34N10. The van der Waals surface area contributed by atoms with Crippen molar-refractivity contribution in [3.8, 4) is 11.4 Å². The molecular weight excluding hydrogens is 440 g/mol. The van der Waals surface area contributed by atoms with Gasteiger partial charge in [0, 0.05) is 50.2 Å². The van der Waals surface area contributed by atoms with Crippen molar-refractivity contribution < 1.29 is 0 Å². The van der Waals surface area contributed by atoms with E-state index in [1.807, 2.05) is 35.5 Å². The van der Waals surface area contributed by atoms with E-state index in [0.717, 1.165) is 65.8 Å². The summed E-state index contributed by atoms with van der Waals surface area (Å²) >= 11 is 0. The number of nitrogens with zero attached hydrogens (tertiary/aromatic N) is 8. The lowest BCUT2D eigenvalue weighted by Gasteiger charge is -2.30. The number of nitrogens with one attached hydrogen (secondary N) is 1. The van der Waals surface area contributed by atoms with Crippen molar-refractivity contribution in [2.75, 3.05) is 23.3 Å². The molecule has 0 saturated carbocycles. The SMILES string of the molecule is CC(C)n1nccc1-c1ncccc1CNc1nc(N2CCC(N)CC2)nc2c1ncn2C(C)C. The van der Waals surface area contributed by atoms with Crippen molar-refractivity contribution in [1.29, 1.82) is 0 Å². The van der Waals surface area contributed by atoms with E-state index >= 15 is 0 Å². The molecule has 3 N–H and O–H groups in total. The number of pyridine rings is 1. The molecule has 4 aromatic heterocycles. The second kappa shape index (κ2) is 9.61. The van der Waals surface area contributed by atoms with E-state index in [9.17, 15) is 0 Å². The number of hydrogen-bond acceptors (Lipinski definition) is 8. The number of anilines is 2. The molecule has 184 valence electrons. The van der Waals surface area contributed by atoms with Crippen molar-refractivity contribution in [2.24, 2.45) is 5.73 Å². The Morgan fingerprint density at radius 1 is 1.03 bits per heavy atom. The zero-order valence-corrected chi connectivity index (χ0v) is 20.9. The fourth-order valence-electron chi connectivity index (χ4n) is 4.55. The molecule has 0 spiro atoms. The third-order valence-corrected chi connectivity index (χ3v) is 6.53. The second-order valence-corrected chi connectivity index (χ2v) is 9.73. The minimum absolute atomic E-state index is 0.240. The van der Waals surface area contributed by atoms with Gasteiger partial charge in [0.1, 0.15) is 0 Å². The third-order valence-electron chi connectivity index (χ3n) is 6.53. The van der Waals surface area contributed by atoms with Gasteiger partial charge in [0.25, 0.3) is 0 Å². The van der Waals surface area contributed by atoms with Crippen LogP contribution in [0.5, 0.6) is 0 Å². The molecule has 35 heavy (non-hydrogen) atoms. The molecule has 5 rings (SSSR count). The molecule has 0 atom stereocenters. The number of fused-ring (bicyclic) bond motifs is 1. The van der Waals surface area contributed by atoms with E-state index < -0.39 is 0 Å². The second-order valence-electron chi connectivity index (χ2n) is 9.73. The summed E-state index contributed by atoms with van der Waals surface area (Å²) in [5, 5.41) is 8.04. The first-order valence-corrected chi connectivity index (χ1v) is 12.4. The Labute approximate surface area is 205 Å². The van der Waals surface area contributed by atoms with Crippen LogP contribution in [0.15, 0.2) is 36.9 Å². The molecule has 10 nitrogen and oxygen atoms in total. The van der Waals surface area contributed by atoms with Gasteiger partial charge in [0.2, 0.25) is 5.95 Å². The zero-order valence-electron chi connectivity index (χ0n) is 20.9. The topological polar surface area (TPSA) is 116 Å². The van der Waals surface area contributed by atoms with Gasteiger partial charge in [0.15, 0.2) is 17.0 Å². The number of piperidine rings is 1. The average Bonchev–Trinajstić information content (AvgIpc) is 3.51. The molecule has 1 aliphatic rings. The van der Waals surface area contributed by atoms with Crippen LogP contribution < -0.4 is 16.0 Å². The molecule has 1 saturated heterocycles. The Kier molecular flexibility index (Phi) is 6.38. The maximum Gasteiger partial charge on any atom is 0.229 e. The summed E-state index contributed by atoms with van der Waals surface area (Å²) < 4.78 is 4.09. The van der Waals surface area contributed by atoms with Crippen LogP contribution in [-0.4, -0.2) is 53.4 Å². The van der Waals surface area contributed by atoms with E-state index in [-0.39, 0.29) is 18.1 Å². The molecule has 0 radical (unpaired) electrons. The Bertz CT molecular complexity index is 1300. The van der Waals surface area contributed by atoms with Crippen molar-refractivity contribution in [3.05, 3.63) is 42.5 Å². The van der Waals surface area contributed by atoms with Gasteiger partial charge in [-0.15, -0.1) is 0 Å². The lowest BCUT2D eigenvalue weighted by molar-refractivity contribution is 0.495. The van der Waals surface area contributed by atoms with Crippen LogP contribution in [0.25, 0.3) is 22.6 Å². The Hall–Kier alpha value is -3.53. The number of hydrogen-bond donors (Lipinski definition) is 2. The molecule has 0 amide bonds. The molecule has 0 bridgehead atoms. The molecule has 1 aliphatic heterocycles. The molecule has 5 heterocycles. The van der Waals surface area contributed by atoms with Crippen LogP contribution in [0.2, 0.25) is 0 Å². The van der Waals surface area contributed by atoms with E-state index in [2.05, 4.69) is 58.6 Å². The van der Waals surface area contributed by atoms with Crippen molar-refractivity contribution in [3.63, 3.8) is 0 Å².